The van der Waals surface area contributed by atoms with Gasteiger partial charge in [0.25, 0.3) is 0 Å². The zero-order chi connectivity index (χ0) is 10.1. The molecule has 5 heteroatoms. The number of amides is 1. The van der Waals surface area contributed by atoms with Crippen molar-refractivity contribution >= 4 is 29.7 Å². The Balaban J connectivity index is 2.56. The Labute approximate surface area is 86.9 Å². The molecule has 0 N–H and O–H groups in total. The van der Waals surface area contributed by atoms with E-state index in [1.54, 1.807) is 0 Å². The Bertz CT molecular complexity index is 216. The number of alkyl halides is 1. The van der Waals surface area contributed by atoms with E-state index in [9.17, 15) is 9.18 Å². The highest BCUT2D eigenvalue weighted by Gasteiger charge is 2.40. The molecule has 0 heterocycles. The Kier molecular flexibility index (Phi) is 3.46. The maximum Gasteiger partial charge on any atom is 0.409 e. The number of hydrogen-bond donors (Lipinski definition) is 0. The SMILES string of the molecule is CN(SC1(C)CCCC1Cl)C(=O)F. The van der Waals surface area contributed by atoms with E-state index in [2.05, 4.69) is 0 Å². The van der Waals surface area contributed by atoms with Gasteiger partial charge in [-0.2, -0.15) is 0 Å². The van der Waals surface area contributed by atoms with E-state index >= 15 is 0 Å². The van der Waals surface area contributed by atoms with Gasteiger partial charge in [-0.05, 0) is 31.7 Å². The Hall–Kier alpha value is 0.0400. The third-order valence-corrected chi connectivity index (χ3v) is 4.54. The first kappa shape index (κ1) is 11.1. The second kappa shape index (κ2) is 4.05. The molecule has 2 atom stereocenters. The topological polar surface area (TPSA) is 20.3 Å². The van der Waals surface area contributed by atoms with Crippen molar-refractivity contribution in [3.05, 3.63) is 0 Å². The molecule has 1 saturated carbocycles. The lowest BCUT2D eigenvalue weighted by Gasteiger charge is -2.29. The van der Waals surface area contributed by atoms with Crippen LogP contribution in [0.4, 0.5) is 9.18 Å². The molecular formula is C8H13ClFNOS. The van der Waals surface area contributed by atoms with E-state index in [1.165, 1.54) is 19.0 Å². The zero-order valence-corrected chi connectivity index (χ0v) is 9.29. The first-order valence-electron chi connectivity index (χ1n) is 4.22. The summed E-state index contributed by atoms with van der Waals surface area (Å²) in [5, 5.41) is 0.0271. The number of halogens is 2. The summed E-state index contributed by atoms with van der Waals surface area (Å²) in [4.78, 5) is 10.4. The molecule has 0 bridgehead atoms. The summed E-state index contributed by atoms with van der Waals surface area (Å²) >= 11 is 7.29. The van der Waals surface area contributed by atoms with Crippen LogP contribution in [0.15, 0.2) is 0 Å². The molecule has 0 saturated heterocycles. The molecule has 1 fully saturated rings. The van der Waals surface area contributed by atoms with Crippen molar-refractivity contribution in [3.8, 4) is 0 Å². The van der Waals surface area contributed by atoms with Gasteiger partial charge >= 0.3 is 6.16 Å². The van der Waals surface area contributed by atoms with Crippen LogP contribution < -0.4 is 0 Å². The number of nitrogens with zero attached hydrogens (tertiary/aromatic N) is 1. The van der Waals surface area contributed by atoms with Crippen LogP contribution >= 0.6 is 23.5 Å². The minimum absolute atomic E-state index is 0.0271. The lowest BCUT2D eigenvalue weighted by molar-refractivity contribution is 0.209. The third-order valence-electron chi connectivity index (χ3n) is 2.39. The van der Waals surface area contributed by atoms with Crippen LogP contribution in [-0.4, -0.2) is 27.6 Å². The smallest absolute Gasteiger partial charge is 0.261 e. The van der Waals surface area contributed by atoms with Crippen molar-refractivity contribution in [1.29, 1.82) is 0 Å². The van der Waals surface area contributed by atoms with E-state index in [0.717, 1.165) is 23.6 Å². The van der Waals surface area contributed by atoms with Crippen LogP contribution in [0.1, 0.15) is 26.2 Å². The maximum atomic E-state index is 12.3. The van der Waals surface area contributed by atoms with Gasteiger partial charge < -0.3 is 0 Å². The molecule has 1 aliphatic carbocycles. The van der Waals surface area contributed by atoms with Crippen molar-refractivity contribution in [2.75, 3.05) is 7.05 Å². The fraction of sp³-hybridized carbons (Fsp3) is 0.875. The monoisotopic (exact) mass is 225 g/mol. The predicted octanol–water partition coefficient (Wildman–Crippen LogP) is 3.21. The van der Waals surface area contributed by atoms with E-state index in [1.807, 2.05) is 6.92 Å². The van der Waals surface area contributed by atoms with Crippen LogP contribution in [0.25, 0.3) is 0 Å². The normalized spacial score (nSPS) is 33.4. The van der Waals surface area contributed by atoms with E-state index in [-0.39, 0.29) is 10.1 Å². The van der Waals surface area contributed by atoms with Gasteiger partial charge in [-0.3, -0.25) is 4.31 Å². The van der Waals surface area contributed by atoms with Gasteiger partial charge in [0.15, 0.2) is 0 Å². The molecule has 0 radical (unpaired) electrons. The molecule has 0 aromatic rings. The molecule has 13 heavy (non-hydrogen) atoms. The Morgan fingerprint density at radius 1 is 1.77 bits per heavy atom. The molecule has 2 unspecified atom stereocenters. The summed E-state index contributed by atoms with van der Waals surface area (Å²) in [6.07, 6.45) is 1.51. The minimum Gasteiger partial charge on any atom is -0.261 e. The second-order valence-electron chi connectivity index (χ2n) is 3.51. The van der Waals surface area contributed by atoms with Crippen molar-refractivity contribution in [2.45, 2.75) is 36.3 Å². The molecule has 0 spiro atoms. The van der Waals surface area contributed by atoms with Crippen LogP contribution in [0.2, 0.25) is 0 Å². The standard InChI is InChI=1S/C8H13ClFNOS/c1-8(5-3-4-6(8)9)13-11(2)7(10)12/h6H,3-5H2,1-2H3. The molecule has 1 aliphatic rings. The fourth-order valence-corrected chi connectivity index (χ4v) is 3.09. The maximum absolute atomic E-state index is 12.3. The summed E-state index contributed by atoms with van der Waals surface area (Å²) < 4.78 is 13.1. The van der Waals surface area contributed by atoms with Gasteiger partial charge in [-0.15, -0.1) is 16.0 Å². The van der Waals surface area contributed by atoms with E-state index < -0.39 is 6.16 Å². The Morgan fingerprint density at radius 3 is 2.77 bits per heavy atom. The van der Waals surface area contributed by atoms with Gasteiger partial charge in [-0.25, -0.2) is 4.79 Å². The van der Waals surface area contributed by atoms with Crippen LogP contribution in [0, 0.1) is 0 Å². The number of carbonyl (C=O) groups excluding carboxylic acids is 1. The summed E-state index contributed by atoms with van der Waals surface area (Å²) in [7, 11) is 1.43. The fourth-order valence-electron chi connectivity index (χ4n) is 1.55. The molecule has 1 amide bonds. The molecule has 0 aromatic heterocycles. The van der Waals surface area contributed by atoms with Gasteiger partial charge in [0.05, 0.1) is 0 Å². The minimum atomic E-state index is -1.41. The van der Waals surface area contributed by atoms with E-state index in [4.69, 9.17) is 11.6 Å². The van der Waals surface area contributed by atoms with Gasteiger partial charge in [0.2, 0.25) is 0 Å². The van der Waals surface area contributed by atoms with Crippen LogP contribution in [0.5, 0.6) is 0 Å². The molecule has 76 valence electrons. The van der Waals surface area contributed by atoms with Gasteiger partial charge in [-0.1, -0.05) is 6.42 Å². The van der Waals surface area contributed by atoms with Crippen molar-refractivity contribution in [2.24, 2.45) is 0 Å². The highest BCUT2D eigenvalue weighted by atomic mass is 35.5. The first-order valence-corrected chi connectivity index (χ1v) is 5.43. The quantitative estimate of drug-likeness (QED) is 0.311. The highest BCUT2D eigenvalue weighted by molar-refractivity contribution is 7.99. The number of hydrogen-bond acceptors (Lipinski definition) is 2. The predicted molar refractivity (Wildman–Crippen MR) is 53.8 cm³/mol. The summed E-state index contributed by atoms with van der Waals surface area (Å²) in [6, 6.07) is 0. The second-order valence-corrected chi connectivity index (χ2v) is 5.70. The summed E-state index contributed by atoms with van der Waals surface area (Å²) in [5.41, 5.74) is 0. The van der Waals surface area contributed by atoms with Crippen LogP contribution in [-0.2, 0) is 0 Å². The van der Waals surface area contributed by atoms with Crippen LogP contribution in [0.3, 0.4) is 0 Å². The average molecular weight is 226 g/mol. The molecule has 1 rings (SSSR count). The first-order chi connectivity index (χ1) is 5.96. The number of carbonyl (C=O) groups is 1. The largest absolute Gasteiger partial charge is 0.409 e. The van der Waals surface area contributed by atoms with Crippen molar-refractivity contribution < 1.29 is 9.18 Å². The summed E-state index contributed by atoms with van der Waals surface area (Å²) in [5.74, 6) is 0. The lowest BCUT2D eigenvalue weighted by atomic mass is 10.1. The molecule has 2 nitrogen and oxygen atoms in total. The molecule has 0 aliphatic heterocycles. The Morgan fingerprint density at radius 2 is 2.38 bits per heavy atom. The third kappa shape index (κ3) is 2.50. The van der Waals surface area contributed by atoms with Gasteiger partial charge in [0.1, 0.15) is 0 Å². The van der Waals surface area contributed by atoms with Gasteiger partial charge in [0, 0.05) is 17.2 Å². The lowest BCUT2D eigenvalue weighted by Crippen LogP contribution is -2.31. The zero-order valence-electron chi connectivity index (χ0n) is 7.72. The van der Waals surface area contributed by atoms with E-state index in [0.29, 0.717) is 0 Å². The molecular weight excluding hydrogens is 213 g/mol. The van der Waals surface area contributed by atoms with Crippen molar-refractivity contribution in [1.82, 2.24) is 4.31 Å². The van der Waals surface area contributed by atoms with Crippen molar-refractivity contribution in [3.63, 3.8) is 0 Å². The summed E-state index contributed by atoms with van der Waals surface area (Å²) in [6.45, 7) is 1.97. The average Bonchev–Trinajstić information content (AvgIpc) is 2.32. The number of rotatable bonds is 2. The molecule has 0 aromatic carbocycles. The highest BCUT2D eigenvalue weighted by Crippen LogP contribution is 2.45.